The Morgan fingerprint density at radius 3 is 2.77 bits per heavy atom. The maximum Gasteiger partial charge on any atom is 0.292 e. The number of hydrogen-bond donors (Lipinski definition) is 2. The molecular weight excluding hydrogens is 452 g/mol. The van der Waals surface area contributed by atoms with Crippen LogP contribution in [0.1, 0.15) is 39.8 Å². The highest BCUT2D eigenvalue weighted by Gasteiger charge is 2.22. The number of benzene rings is 2. The number of carbonyl (C=O) groups excluding carboxylic acids is 1. The summed E-state index contributed by atoms with van der Waals surface area (Å²) in [6, 6.07) is 13.5. The second-order valence-electron chi connectivity index (χ2n) is 7.52. The molecule has 3 N–H and O–H groups in total. The lowest BCUT2D eigenvalue weighted by Gasteiger charge is -2.13. The molecule has 0 radical (unpaired) electrons. The highest BCUT2D eigenvalue weighted by molar-refractivity contribution is 5.94. The Labute approximate surface area is 200 Å². The molecule has 35 heavy (non-hydrogen) atoms. The van der Waals surface area contributed by atoms with E-state index in [1.165, 1.54) is 11.8 Å². The molecule has 2 aromatic heterocycles. The third-order valence-electron chi connectivity index (χ3n) is 4.87. The number of nitrogen functional groups attached to an aromatic ring is 1. The molecule has 0 aliphatic heterocycles. The molecule has 0 unspecified atom stereocenters. The number of carbonyl (C=O) groups is 1. The van der Waals surface area contributed by atoms with Crippen LogP contribution in [0, 0.1) is 13.8 Å². The number of nitrogens with zero attached hydrogens (tertiary/aromatic N) is 6. The Kier molecular flexibility index (Phi) is 7.00. The van der Waals surface area contributed by atoms with Crippen molar-refractivity contribution < 1.29 is 18.9 Å². The first kappa shape index (κ1) is 23.4. The van der Waals surface area contributed by atoms with Gasteiger partial charge < -0.3 is 15.2 Å². The quantitative estimate of drug-likeness (QED) is 0.274. The van der Waals surface area contributed by atoms with E-state index < -0.39 is 5.91 Å². The fourth-order valence-corrected chi connectivity index (χ4v) is 3.28. The topological polar surface area (TPSA) is 156 Å². The fraction of sp³-hybridized carbons (Fsp3) is 0.217. The number of anilines is 1. The molecule has 0 aliphatic rings. The molecule has 0 saturated carbocycles. The largest absolute Gasteiger partial charge is 0.490 e. The predicted octanol–water partition coefficient (Wildman–Crippen LogP) is 2.59. The van der Waals surface area contributed by atoms with Crippen molar-refractivity contribution in [2.45, 2.75) is 27.4 Å². The zero-order valence-corrected chi connectivity index (χ0v) is 19.4. The van der Waals surface area contributed by atoms with Crippen molar-refractivity contribution in [3.63, 3.8) is 0 Å². The summed E-state index contributed by atoms with van der Waals surface area (Å²) in [5, 5.41) is 18.9. The molecule has 12 nitrogen and oxygen atoms in total. The first-order valence-electron chi connectivity index (χ1n) is 10.8. The number of nitrogens with two attached hydrogens (primary N) is 1. The third-order valence-corrected chi connectivity index (χ3v) is 4.87. The molecule has 12 heteroatoms. The average molecular weight is 476 g/mol. The van der Waals surface area contributed by atoms with Gasteiger partial charge in [-0.3, -0.25) is 4.79 Å². The second-order valence-corrected chi connectivity index (χ2v) is 7.52. The summed E-state index contributed by atoms with van der Waals surface area (Å²) in [7, 11) is 0. The molecule has 4 aromatic rings. The van der Waals surface area contributed by atoms with Crippen molar-refractivity contribution >= 4 is 17.9 Å². The first-order valence-corrected chi connectivity index (χ1v) is 10.8. The van der Waals surface area contributed by atoms with Crippen LogP contribution in [0.3, 0.4) is 0 Å². The third kappa shape index (κ3) is 5.43. The number of nitrogens with one attached hydrogen (secondary N) is 1. The number of amides is 1. The first-order chi connectivity index (χ1) is 17.0. The lowest BCUT2D eigenvalue weighted by Crippen LogP contribution is -2.22. The van der Waals surface area contributed by atoms with Gasteiger partial charge in [0.1, 0.15) is 6.61 Å². The van der Waals surface area contributed by atoms with Gasteiger partial charge in [-0.15, -0.1) is 5.10 Å². The average Bonchev–Trinajstić information content (AvgIpc) is 3.43. The summed E-state index contributed by atoms with van der Waals surface area (Å²) >= 11 is 0. The molecule has 2 aromatic carbocycles. The van der Waals surface area contributed by atoms with E-state index in [1.807, 2.05) is 38.1 Å². The van der Waals surface area contributed by atoms with Crippen LogP contribution < -0.4 is 20.6 Å². The molecule has 2 heterocycles. The lowest BCUT2D eigenvalue weighted by molar-refractivity contribution is 0.0946. The van der Waals surface area contributed by atoms with Crippen LogP contribution in [0.2, 0.25) is 0 Å². The molecule has 0 aliphatic carbocycles. The van der Waals surface area contributed by atoms with Gasteiger partial charge in [0.25, 0.3) is 5.91 Å². The molecule has 0 spiro atoms. The Hall–Kier alpha value is -4.74. The number of ether oxygens (including phenoxy) is 2. The zero-order chi connectivity index (χ0) is 24.8. The molecule has 180 valence electrons. The van der Waals surface area contributed by atoms with Gasteiger partial charge in [0.15, 0.2) is 17.2 Å². The van der Waals surface area contributed by atoms with Crippen molar-refractivity contribution in [2.24, 2.45) is 5.10 Å². The van der Waals surface area contributed by atoms with Gasteiger partial charge in [0.2, 0.25) is 11.6 Å². The number of aromatic nitrogens is 5. The number of hydrogen-bond acceptors (Lipinski definition) is 10. The van der Waals surface area contributed by atoms with Crippen LogP contribution in [0.25, 0.3) is 5.82 Å². The maximum atomic E-state index is 12.7. The van der Waals surface area contributed by atoms with Crippen molar-refractivity contribution in [3.05, 3.63) is 70.5 Å². The normalized spacial score (nSPS) is 11.1. The minimum absolute atomic E-state index is 0.0272. The summed E-state index contributed by atoms with van der Waals surface area (Å²) in [5.41, 5.74) is 11.5. The van der Waals surface area contributed by atoms with Gasteiger partial charge >= 0.3 is 0 Å². The summed E-state index contributed by atoms with van der Waals surface area (Å²) in [4.78, 5) is 12.7. The predicted molar refractivity (Wildman–Crippen MR) is 127 cm³/mol. The number of hydrazone groups is 1. The van der Waals surface area contributed by atoms with Crippen LogP contribution in [-0.2, 0) is 6.61 Å². The molecular formula is C23H24N8O4. The number of rotatable bonds is 9. The molecule has 1 amide bonds. The van der Waals surface area contributed by atoms with E-state index in [0.29, 0.717) is 36.0 Å². The maximum absolute atomic E-state index is 12.7. The summed E-state index contributed by atoms with van der Waals surface area (Å²) < 4.78 is 17.4. The molecule has 4 rings (SSSR count). The van der Waals surface area contributed by atoms with E-state index in [9.17, 15) is 4.79 Å². The van der Waals surface area contributed by atoms with Crippen LogP contribution in [0.5, 0.6) is 11.5 Å². The van der Waals surface area contributed by atoms with Crippen LogP contribution in [-0.4, -0.2) is 44.0 Å². The lowest BCUT2D eigenvalue weighted by atomic mass is 10.1. The van der Waals surface area contributed by atoms with Gasteiger partial charge in [-0.1, -0.05) is 35.0 Å². The molecule has 0 bridgehead atoms. The standard InChI is InChI=1S/C23H24N8O4/c1-4-33-19-11-16(8-9-18(19)34-13-17-7-5-6-14(2)10-17)12-25-27-23(32)20-15(3)26-30-31(20)22-21(24)28-35-29-22/h5-12H,4,13H2,1-3H3,(H2,24,28)(H,27,32)/b25-12+. The van der Waals surface area contributed by atoms with E-state index in [-0.39, 0.29) is 17.3 Å². The molecule has 0 atom stereocenters. The number of aryl methyl sites for hydroxylation is 2. The zero-order valence-electron chi connectivity index (χ0n) is 19.4. The second kappa shape index (κ2) is 10.5. The van der Waals surface area contributed by atoms with E-state index in [1.54, 1.807) is 19.1 Å². The summed E-state index contributed by atoms with van der Waals surface area (Å²) in [6.07, 6.45) is 1.49. The van der Waals surface area contributed by atoms with Crippen molar-refractivity contribution in [1.29, 1.82) is 0 Å². The van der Waals surface area contributed by atoms with Crippen LogP contribution in [0.4, 0.5) is 5.82 Å². The minimum Gasteiger partial charge on any atom is -0.490 e. The van der Waals surface area contributed by atoms with E-state index in [2.05, 4.69) is 41.8 Å². The smallest absolute Gasteiger partial charge is 0.292 e. The van der Waals surface area contributed by atoms with Gasteiger partial charge in [0, 0.05) is 0 Å². The Morgan fingerprint density at radius 2 is 2.03 bits per heavy atom. The summed E-state index contributed by atoms with van der Waals surface area (Å²) in [5.74, 6) is 0.652. The van der Waals surface area contributed by atoms with E-state index >= 15 is 0 Å². The van der Waals surface area contributed by atoms with Gasteiger partial charge in [-0.2, -0.15) is 9.78 Å². The Balaban J connectivity index is 1.46. The highest BCUT2D eigenvalue weighted by Crippen LogP contribution is 2.29. The molecule has 0 fully saturated rings. The highest BCUT2D eigenvalue weighted by atomic mass is 16.6. The SMILES string of the molecule is CCOc1cc(/C=N/NC(=O)c2c(C)nnn2-c2nonc2N)ccc1OCc1cccc(C)c1. The van der Waals surface area contributed by atoms with Gasteiger partial charge in [0.05, 0.1) is 18.5 Å². The van der Waals surface area contributed by atoms with Gasteiger partial charge in [-0.05, 0) is 60.4 Å². The Morgan fingerprint density at radius 1 is 1.17 bits per heavy atom. The summed E-state index contributed by atoms with van der Waals surface area (Å²) in [6.45, 7) is 6.43. The fourth-order valence-electron chi connectivity index (χ4n) is 3.28. The molecule has 0 saturated heterocycles. The van der Waals surface area contributed by atoms with Gasteiger partial charge in [-0.25, -0.2) is 10.1 Å². The van der Waals surface area contributed by atoms with Crippen molar-refractivity contribution in [2.75, 3.05) is 12.3 Å². The van der Waals surface area contributed by atoms with Crippen LogP contribution in [0.15, 0.2) is 52.2 Å². The minimum atomic E-state index is -0.561. The van der Waals surface area contributed by atoms with Crippen LogP contribution >= 0.6 is 0 Å². The van der Waals surface area contributed by atoms with E-state index in [4.69, 9.17) is 15.2 Å². The van der Waals surface area contributed by atoms with E-state index in [0.717, 1.165) is 10.2 Å². The Bertz CT molecular complexity index is 1360. The van der Waals surface area contributed by atoms with Crippen molar-refractivity contribution in [3.8, 4) is 17.3 Å². The monoisotopic (exact) mass is 476 g/mol. The van der Waals surface area contributed by atoms with Crippen molar-refractivity contribution in [1.82, 2.24) is 30.7 Å².